The van der Waals surface area contributed by atoms with Gasteiger partial charge in [0.1, 0.15) is 6.10 Å². The van der Waals surface area contributed by atoms with Crippen LogP contribution in [0.5, 0.6) is 11.5 Å². The van der Waals surface area contributed by atoms with Gasteiger partial charge in [0.2, 0.25) is 0 Å². The quantitative estimate of drug-likeness (QED) is 0.798. The first-order valence-corrected chi connectivity index (χ1v) is 5.13. The van der Waals surface area contributed by atoms with Gasteiger partial charge in [-0.1, -0.05) is 30.4 Å². The molecule has 2 N–H and O–H groups in total. The minimum atomic E-state index is -0.840. The molecule has 0 radical (unpaired) electrons. The number of hydrogen-bond donors (Lipinski definition) is 2. The zero-order valence-corrected chi connectivity index (χ0v) is 9.00. The van der Waals surface area contributed by atoms with Crippen LogP contribution in [0.2, 0.25) is 0 Å². The number of hydrogen-bond acceptors (Lipinski definition) is 3. The maximum Gasteiger partial charge on any atom is 0.162 e. The SMILES string of the molecule is CC1(Oc2ccccc2O)C=CC=CC1O. The number of ether oxygens (including phenoxy) is 1. The van der Waals surface area contributed by atoms with Crippen molar-refractivity contribution < 1.29 is 14.9 Å². The molecule has 1 aromatic rings. The minimum absolute atomic E-state index is 0.0684. The summed E-state index contributed by atoms with van der Waals surface area (Å²) in [4.78, 5) is 0. The maximum absolute atomic E-state index is 9.84. The van der Waals surface area contributed by atoms with Crippen LogP contribution in [0.25, 0.3) is 0 Å². The molecule has 0 spiro atoms. The molecule has 0 saturated carbocycles. The van der Waals surface area contributed by atoms with Crippen LogP contribution in [0.15, 0.2) is 48.6 Å². The zero-order valence-electron chi connectivity index (χ0n) is 9.00. The van der Waals surface area contributed by atoms with Crippen molar-refractivity contribution in [1.82, 2.24) is 0 Å². The average Bonchev–Trinajstić information content (AvgIpc) is 2.26. The normalized spacial score (nSPS) is 28.0. The highest BCUT2D eigenvalue weighted by Crippen LogP contribution is 2.31. The molecule has 0 aromatic heterocycles. The van der Waals surface area contributed by atoms with Crippen molar-refractivity contribution in [2.75, 3.05) is 0 Å². The third-order valence-electron chi connectivity index (χ3n) is 2.61. The van der Waals surface area contributed by atoms with Crippen LogP contribution in [0.1, 0.15) is 6.92 Å². The molecular formula is C13H14O3. The zero-order chi connectivity index (χ0) is 11.6. The fraction of sp³-hybridized carbons (Fsp3) is 0.231. The fourth-order valence-corrected chi connectivity index (χ4v) is 1.58. The van der Waals surface area contributed by atoms with E-state index in [0.717, 1.165) is 0 Å². The molecule has 0 amide bonds. The number of aromatic hydroxyl groups is 1. The lowest BCUT2D eigenvalue weighted by atomic mass is 9.94. The van der Waals surface area contributed by atoms with Crippen LogP contribution in [-0.2, 0) is 0 Å². The average molecular weight is 218 g/mol. The summed E-state index contributed by atoms with van der Waals surface area (Å²) < 4.78 is 5.65. The van der Waals surface area contributed by atoms with Gasteiger partial charge in [0.05, 0.1) is 0 Å². The van der Waals surface area contributed by atoms with Crippen LogP contribution in [0.3, 0.4) is 0 Å². The van der Waals surface area contributed by atoms with Crippen molar-refractivity contribution >= 4 is 0 Å². The maximum atomic E-state index is 9.84. The number of phenols is 1. The summed E-state index contributed by atoms with van der Waals surface area (Å²) >= 11 is 0. The van der Waals surface area contributed by atoms with Crippen LogP contribution in [0, 0.1) is 0 Å². The molecule has 0 aliphatic heterocycles. The minimum Gasteiger partial charge on any atom is -0.504 e. The van der Waals surface area contributed by atoms with E-state index in [1.807, 2.05) is 6.08 Å². The van der Waals surface area contributed by atoms with Gasteiger partial charge in [-0.3, -0.25) is 0 Å². The van der Waals surface area contributed by atoms with Gasteiger partial charge >= 0.3 is 0 Å². The fourth-order valence-electron chi connectivity index (χ4n) is 1.58. The first-order chi connectivity index (χ1) is 7.62. The summed E-state index contributed by atoms with van der Waals surface area (Å²) in [7, 11) is 0. The van der Waals surface area contributed by atoms with Crippen LogP contribution >= 0.6 is 0 Å². The van der Waals surface area contributed by atoms with Crippen molar-refractivity contribution in [1.29, 1.82) is 0 Å². The lowest BCUT2D eigenvalue weighted by Gasteiger charge is -2.32. The van der Waals surface area contributed by atoms with Crippen molar-refractivity contribution in [3.05, 3.63) is 48.6 Å². The molecule has 2 unspecified atom stereocenters. The van der Waals surface area contributed by atoms with Gasteiger partial charge in [-0.25, -0.2) is 0 Å². The molecule has 0 heterocycles. The van der Waals surface area contributed by atoms with Gasteiger partial charge in [-0.2, -0.15) is 0 Å². The molecule has 1 aliphatic carbocycles. The molecule has 16 heavy (non-hydrogen) atoms. The van der Waals surface area contributed by atoms with Gasteiger partial charge in [0.15, 0.2) is 17.1 Å². The Morgan fingerprint density at radius 1 is 1.25 bits per heavy atom. The predicted octanol–water partition coefficient (Wildman–Crippen LogP) is 2.02. The second kappa shape index (κ2) is 4.02. The number of phenolic OH excluding ortho intramolecular Hbond substituents is 1. The van der Waals surface area contributed by atoms with Crippen LogP contribution in [-0.4, -0.2) is 21.9 Å². The van der Waals surface area contributed by atoms with Gasteiger partial charge in [-0.15, -0.1) is 0 Å². The second-order valence-corrected chi connectivity index (χ2v) is 3.94. The Balaban J connectivity index is 2.24. The van der Waals surface area contributed by atoms with E-state index in [0.29, 0.717) is 5.75 Å². The Labute approximate surface area is 94.3 Å². The van der Waals surface area contributed by atoms with Gasteiger partial charge in [-0.05, 0) is 25.1 Å². The summed E-state index contributed by atoms with van der Waals surface area (Å²) in [5, 5.41) is 19.4. The Morgan fingerprint density at radius 3 is 2.69 bits per heavy atom. The van der Waals surface area contributed by atoms with E-state index in [1.165, 1.54) is 0 Å². The van der Waals surface area contributed by atoms with Crippen molar-refractivity contribution in [3.8, 4) is 11.5 Å². The summed E-state index contributed by atoms with van der Waals surface area (Å²) in [6.45, 7) is 1.77. The standard InChI is InChI=1S/C13H14O3/c1-13(9-5-4-8-12(13)15)16-11-7-3-2-6-10(11)14/h2-9,12,14-15H,1H3. The number of aliphatic hydroxyl groups excluding tert-OH is 1. The van der Waals surface area contributed by atoms with E-state index in [4.69, 9.17) is 4.74 Å². The van der Waals surface area contributed by atoms with E-state index < -0.39 is 11.7 Å². The molecule has 0 fully saturated rings. The summed E-state index contributed by atoms with van der Waals surface area (Å²) in [6.07, 6.45) is 6.27. The highest BCUT2D eigenvalue weighted by molar-refractivity contribution is 5.39. The first kappa shape index (κ1) is 10.8. The molecule has 84 valence electrons. The molecule has 0 bridgehead atoms. The molecular weight excluding hydrogens is 204 g/mol. The monoisotopic (exact) mass is 218 g/mol. The van der Waals surface area contributed by atoms with E-state index in [-0.39, 0.29) is 5.75 Å². The van der Waals surface area contributed by atoms with Crippen LogP contribution in [0.4, 0.5) is 0 Å². The van der Waals surface area contributed by atoms with Gasteiger partial charge < -0.3 is 14.9 Å². The molecule has 1 aromatic carbocycles. The number of benzene rings is 1. The highest BCUT2D eigenvalue weighted by atomic mass is 16.5. The Bertz CT molecular complexity index is 437. The van der Waals surface area contributed by atoms with E-state index in [2.05, 4.69) is 0 Å². The smallest absolute Gasteiger partial charge is 0.162 e. The molecule has 0 saturated heterocycles. The molecule has 1 aliphatic rings. The third-order valence-corrected chi connectivity index (χ3v) is 2.61. The second-order valence-electron chi connectivity index (χ2n) is 3.94. The highest BCUT2D eigenvalue weighted by Gasteiger charge is 2.32. The summed E-state index contributed by atoms with van der Waals surface area (Å²) in [6, 6.07) is 6.71. The van der Waals surface area contributed by atoms with E-state index in [9.17, 15) is 10.2 Å². The number of para-hydroxylation sites is 2. The largest absolute Gasteiger partial charge is 0.504 e. The topological polar surface area (TPSA) is 49.7 Å². The molecule has 2 rings (SSSR count). The number of allylic oxidation sites excluding steroid dienone is 2. The lowest BCUT2D eigenvalue weighted by Crippen LogP contribution is -2.43. The Kier molecular flexibility index (Phi) is 2.71. The summed E-state index contributed by atoms with van der Waals surface area (Å²) in [5.41, 5.74) is -0.840. The van der Waals surface area contributed by atoms with Crippen molar-refractivity contribution in [2.24, 2.45) is 0 Å². The number of aliphatic hydroxyl groups is 1. The predicted molar refractivity (Wildman–Crippen MR) is 61.4 cm³/mol. The van der Waals surface area contributed by atoms with E-state index in [1.54, 1.807) is 49.4 Å². The Hall–Kier alpha value is -1.74. The molecule has 3 heteroatoms. The first-order valence-electron chi connectivity index (χ1n) is 5.13. The van der Waals surface area contributed by atoms with Crippen molar-refractivity contribution in [2.45, 2.75) is 18.6 Å². The Morgan fingerprint density at radius 2 is 2.00 bits per heavy atom. The van der Waals surface area contributed by atoms with Gasteiger partial charge in [0.25, 0.3) is 0 Å². The molecule has 2 atom stereocenters. The summed E-state index contributed by atoms with van der Waals surface area (Å²) in [5.74, 6) is 0.433. The third kappa shape index (κ3) is 1.95. The van der Waals surface area contributed by atoms with E-state index >= 15 is 0 Å². The van der Waals surface area contributed by atoms with Crippen molar-refractivity contribution in [3.63, 3.8) is 0 Å². The lowest BCUT2D eigenvalue weighted by molar-refractivity contribution is 0.0177. The van der Waals surface area contributed by atoms with Gasteiger partial charge in [0, 0.05) is 0 Å². The number of rotatable bonds is 2. The van der Waals surface area contributed by atoms with Crippen LogP contribution < -0.4 is 4.74 Å². The molecule has 3 nitrogen and oxygen atoms in total.